The fourth-order valence-electron chi connectivity index (χ4n) is 5.23. The Balaban J connectivity index is 1.46. The average Bonchev–Trinajstić information content (AvgIpc) is 3.20. The Bertz CT molecular complexity index is 1110. The molecule has 2 fully saturated rings. The van der Waals surface area contributed by atoms with Crippen molar-refractivity contribution >= 4 is 28.7 Å². The zero-order valence-corrected chi connectivity index (χ0v) is 19.3. The van der Waals surface area contributed by atoms with Crippen molar-refractivity contribution in [3.05, 3.63) is 36.3 Å². The van der Waals surface area contributed by atoms with Crippen LogP contribution in [0.15, 0.2) is 30.5 Å². The predicted octanol–water partition coefficient (Wildman–Crippen LogP) is 4.01. The zero-order chi connectivity index (χ0) is 23.5. The molecule has 0 aliphatic heterocycles. The lowest BCUT2D eigenvalue weighted by Gasteiger charge is -2.30. The van der Waals surface area contributed by atoms with Gasteiger partial charge in [-0.2, -0.15) is 4.98 Å². The maximum atomic E-state index is 14.4. The van der Waals surface area contributed by atoms with Gasteiger partial charge in [-0.05, 0) is 69.4 Å². The van der Waals surface area contributed by atoms with Crippen LogP contribution in [0.5, 0.6) is 0 Å². The average molecular weight is 469 g/mol. The lowest BCUT2D eigenvalue weighted by Crippen LogP contribution is -2.33. The topological polar surface area (TPSA) is 129 Å². The van der Waals surface area contributed by atoms with E-state index in [2.05, 4.69) is 20.2 Å². The van der Waals surface area contributed by atoms with Gasteiger partial charge in [0.25, 0.3) is 0 Å². The second-order valence-electron chi connectivity index (χ2n) is 9.58. The van der Waals surface area contributed by atoms with Gasteiger partial charge in [-0.15, -0.1) is 0 Å². The summed E-state index contributed by atoms with van der Waals surface area (Å²) in [7, 11) is 0. The Morgan fingerprint density at radius 1 is 1.03 bits per heavy atom. The van der Waals surface area contributed by atoms with E-state index >= 15 is 0 Å². The number of hydrogen-bond donors (Lipinski definition) is 4. The van der Waals surface area contributed by atoms with Gasteiger partial charge in [0.15, 0.2) is 5.65 Å². The summed E-state index contributed by atoms with van der Waals surface area (Å²) in [6.45, 7) is 0.568. The second-order valence-corrected chi connectivity index (χ2v) is 9.58. The molecule has 0 amide bonds. The number of halogens is 1. The highest BCUT2D eigenvalue weighted by atomic mass is 19.1. The molecule has 2 saturated carbocycles. The van der Waals surface area contributed by atoms with Crippen LogP contribution in [0.4, 0.5) is 22.0 Å². The fourth-order valence-corrected chi connectivity index (χ4v) is 5.23. The van der Waals surface area contributed by atoms with Crippen LogP contribution >= 0.6 is 0 Å². The largest absolute Gasteiger partial charge is 0.351 e. The van der Waals surface area contributed by atoms with Crippen molar-refractivity contribution in [2.45, 2.75) is 69.5 Å². The Morgan fingerprint density at radius 3 is 2.53 bits per heavy atom. The molecular formula is C24H33FN8O. The maximum Gasteiger partial charge on any atom is 0.224 e. The minimum absolute atomic E-state index is 0.184. The predicted molar refractivity (Wildman–Crippen MR) is 130 cm³/mol. The summed E-state index contributed by atoms with van der Waals surface area (Å²) in [5.74, 6) is 6.59. The number of imidazole rings is 1. The van der Waals surface area contributed by atoms with Gasteiger partial charge in [-0.25, -0.2) is 20.3 Å². The SMILES string of the molecule is NOCC1CCC(n2c(Nc3ccccc3F)nc3cnc(NC4CCC(N)CC4)nc32)CC1. The van der Waals surface area contributed by atoms with Crippen LogP contribution in [0.3, 0.4) is 0 Å². The highest BCUT2D eigenvalue weighted by Gasteiger charge is 2.28. The first kappa shape index (κ1) is 22.9. The summed E-state index contributed by atoms with van der Waals surface area (Å²) in [5.41, 5.74) is 7.87. The third kappa shape index (κ3) is 4.98. The van der Waals surface area contributed by atoms with Gasteiger partial charge in [-0.3, -0.25) is 4.57 Å². The lowest BCUT2D eigenvalue weighted by molar-refractivity contribution is 0.0800. The smallest absolute Gasteiger partial charge is 0.224 e. The lowest BCUT2D eigenvalue weighted by atomic mass is 9.86. The molecule has 3 aromatic rings. The summed E-state index contributed by atoms with van der Waals surface area (Å²) in [4.78, 5) is 19.0. The van der Waals surface area contributed by atoms with Crippen molar-refractivity contribution in [1.29, 1.82) is 0 Å². The number of hydrogen-bond acceptors (Lipinski definition) is 8. The van der Waals surface area contributed by atoms with Crippen LogP contribution in [-0.2, 0) is 4.84 Å². The van der Waals surface area contributed by atoms with Crippen molar-refractivity contribution in [3.8, 4) is 0 Å². The molecule has 2 aromatic heterocycles. The molecule has 0 saturated heterocycles. The van der Waals surface area contributed by atoms with E-state index in [1.807, 2.05) is 0 Å². The van der Waals surface area contributed by atoms with Crippen LogP contribution in [-0.4, -0.2) is 38.2 Å². The summed E-state index contributed by atoms with van der Waals surface area (Å²) >= 11 is 0. The van der Waals surface area contributed by atoms with Gasteiger partial charge in [0.2, 0.25) is 11.9 Å². The normalized spacial score (nSPS) is 25.4. The third-order valence-corrected chi connectivity index (χ3v) is 7.17. The summed E-state index contributed by atoms with van der Waals surface area (Å²) in [6, 6.07) is 7.40. The Kier molecular flexibility index (Phi) is 6.89. The molecule has 2 aliphatic carbocycles. The molecule has 5 rings (SSSR count). The standard InChI is InChI=1S/C24H33FN8O/c25-19-3-1-2-4-20(19)30-24-31-21-13-28-23(29-17-9-7-16(26)8-10-17)32-22(21)33(24)18-11-5-15(6-12-18)14-34-27/h1-4,13,15-18H,5-12,14,26-27H2,(H,30,31)(H,28,29,32). The van der Waals surface area contributed by atoms with Crippen LogP contribution in [0.25, 0.3) is 11.2 Å². The molecule has 0 radical (unpaired) electrons. The molecule has 6 N–H and O–H groups in total. The van der Waals surface area contributed by atoms with E-state index in [1.54, 1.807) is 24.4 Å². The molecule has 1 aromatic carbocycles. The first-order chi connectivity index (χ1) is 16.6. The van der Waals surface area contributed by atoms with E-state index in [-0.39, 0.29) is 17.9 Å². The van der Waals surface area contributed by atoms with Gasteiger partial charge in [0, 0.05) is 18.1 Å². The number of benzene rings is 1. The molecular weight excluding hydrogens is 435 g/mol. The highest BCUT2D eigenvalue weighted by Crippen LogP contribution is 2.37. The Labute approximate surface area is 198 Å². The first-order valence-electron chi connectivity index (χ1n) is 12.2. The third-order valence-electron chi connectivity index (χ3n) is 7.17. The fraction of sp³-hybridized carbons (Fsp3) is 0.542. The van der Waals surface area contributed by atoms with Crippen LogP contribution in [0.1, 0.15) is 57.4 Å². The van der Waals surface area contributed by atoms with E-state index in [0.717, 1.165) is 57.0 Å². The van der Waals surface area contributed by atoms with E-state index in [0.29, 0.717) is 41.7 Å². The van der Waals surface area contributed by atoms with Crippen molar-refractivity contribution in [2.24, 2.45) is 17.5 Å². The summed E-state index contributed by atoms with van der Waals surface area (Å²) < 4.78 is 16.5. The summed E-state index contributed by atoms with van der Waals surface area (Å²) in [6.07, 6.45) is 9.66. The van der Waals surface area contributed by atoms with E-state index in [9.17, 15) is 4.39 Å². The monoisotopic (exact) mass is 468 g/mol. The quantitative estimate of drug-likeness (QED) is 0.383. The van der Waals surface area contributed by atoms with E-state index < -0.39 is 0 Å². The van der Waals surface area contributed by atoms with Crippen LogP contribution in [0, 0.1) is 11.7 Å². The Hall–Kier alpha value is -2.82. The number of fused-ring (bicyclic) bond motifs is 1. The van der Waals surface area contributed by atoms with Gasteiger partial charge < -0.3 is 21.2 Å². The van der Waals surface area contributed by atoms with E-state index in [1.165, 1.54) is 6.07 Å². The van der Waals surface area contributed by atoms with Crippen molar-refractivity contribution < 1.29 is 9.23 Å². The molecule has 2 heterocycles. The second kappa shape index (κ2) is 10.2. The van der Waals surface area contributed by atoms with Crippen molar-refractivity contribution in [1.82, 2.24) is 19.5 Å². The molecule has 182 valence electrons. The van der Waals surface area contributed by atoms with Crippen LogP contribution in [0.2, 0.25) is 0 Å². The van der Waals surface area contributed by atoms with Crippen molar-refractivity contribution in [2.75, 3.05) is 17.2 Å². The Morgan fingerprint density at radius 2 is 1.79 bits per heavy atom. The number of nitrogens with one attached hydrogen (secondary N) is 2. The molecule has 0 bridgehead atoms. The number of anilines is 3. The number of para-hydroxylation sites is 1. The number of rotatable bonds is 7. The number of nitrogens with two attached hydrogens (primary N) is 2. The van der Waals surface area contributed by atoms with Crippen LogP contribution < -0.4 is 22.3 Å². The summed E-state index contributed by atoms with van der Waals surface area (Å²) in [5, 5.41) is 6.69. The minimum atomic E-state index is -0.325. The molecule has 0 unspecified atom stereocenters. The van der Waals surface area contributed by atoms with E-state index in [4.69, 9.17) is 26.4 Å². The maximum absolute atomic E-state index is 14.4. The van der Waals surface area contributed by atoms with Gasteiger partial charge in [-0.1, -0.05) is 12.1 Å². The molecule has 0 spiro atoms. The molecule has 10 heteroatoms. The molecule has 34 heavy (non-hydrogen) atoms. The number of nitrogens with zero attached hydrogens (tertiary/aromatic N) is 4. The molecule has 9 nitrogen and oxygen atoms in total. The van der Waals surface area contributed by atoms with Gasteiger partial charge >= 0.3 is 0 Å². The minimum Gasteiger partial charge on any atom is -0.351 e. The molecule has 2 aliphatic rings. The van der Waals surface area contributed by atoms with Gasteiger partial charge in [0.1, 0.15) is 11.3 Å². The zero-order valence-electron chi connectivity index (χ0n) is 19.3. The van der Waals surface area contributed by atoms with Crippen molar-refractivity contribution in [3.63, 3.8) is 0 Å². The number of aromatic nitrogens is 4. The molecule has 0 atom stereocenters. The first-order valence-corrected chi connectivity index (χ1v) is 12.2. The van der Waals surface area contributed by atoms with Gasteiger partial charge in [0.05, 0.1) is 18.5 Å². The highest BCUT2D eigenvalue weighted by molar-refractivity contribution is 5.76.